The lowest BCUT2D eigenvalue weighted by atomic mass is 9.42. The van der Waals surface area contributed by atoms with Crippen LogP contribution in [0.4, 0.5) is 0 Å². The lowest BCUT2D eigenvalue weighted by Crippen LogP contribution is -2.57. The van der Waals surface area contributed by atoms with Crippen molar-refractivity contribution in [2.45, 2.75) is 119 Å². The average molecular weight is 425 g/mol. The number of fused-ring (bicyclic) bond motifs is 2. The Balaban J connectivity index is 1.41. The van der Waals surface area contributed by atoms with E-state index in [1.807, 2.05) is 0 Å². The highest BCUT2D eigenvalue weighted by Crippen LogP contribution is 2.88. The van der Waals surface area contributed by atoms with E-state index in [-0.39, 0.29) is 5.41 Å². The van der Waals surface area contributed by atoms with Gasteiger partial charge in [0.15, 0.2) is 0 Å². The summed E-state index contributed by atoms with van der Waals surface area (Å²) >= 11 is 0. The zero-order valence-corrected chi connectivity index (χ0v) is 21.6. The first-order valence-electron chi connectivity index (χ1n) is 13.6. The number of rotatable bonds is 4. The Morgan fingerprint density at radius 1 is 0.935 bits per heavy atom. The Kier molecular flexibility index (Phi) is 4.82. The van der Waals surface area contributed by atoms with Gasteiger partial charge in [-0.05, 0) is 123 Å². The van der Waals surface area contributed by atoms with Crippen molar-refractivity contribution in [1.82, 2.24) is 0 Å². The molecule has 0 unspecified atom stereocenters. The molecule has 5 aliphatic rings. The molecule has 0 heterocycles. The first-order chi connectivity index (χ1) is 14.4. The van der Waals surface area contributed by atoms with Gasteiger partial charge in [0.1, 0.15) is 5.78 Å². The number of hydrogen-bond acceptors (Lipinski definition) is 1. The van der Waals surface area contributed by atoms with Gasteiger partial charge in [-0.25, -0.2) is 0 Å². The van der Waals surface area contributed by atoms with Crippen molar-refractivity contribution < 1.29 is 4.79 Å². The molecule has 0 amide bonds. The van der Waals surface area contributed by atoms with Gasteiger partial charge in [0.2, 0.25) is 0 Å². The van der Waals surface area contributed by atoms with Crippen LogP contribution in [0.25, 0.3) is 0 Å². The predicted octanol–water partition coefficient (Wildman–Crippen LogP) is 8.38. The van der Waals surface area contributed by atoms with Crippen molar-refractivity contribution in [3.63, 3.8) is 0 Å². The second-order valence-corrected chi connectivity index (χ2v) is 14.1. The molecule has 0 aromatic carbocycles. The maximum atomic E-state index is 12.8. The minimum atomic E-state index is -0.0774. The van der Waals surface area contributed by atoms with Crippen LogP contribution in [0.15, 0.2) is 11.6 Å². The molecule has 0 aliphatic heterocycles. The Hall–Kier alpha value is -0.590. The van der Waals surface area contributed by atoms with E-state index in [1.54, 1.807) is 0 Å². The number of ketones is 1. The maximum absolute atomic E-state index is 12.8. The Morgan fingerprint density at radius 3 is 2.32 bits per heavy atom. The molecule has 1 nitrogen and oxygen atoms in total. The molecule has 0 aromatic rings. The van der Waals surface area contributed by atoms with Crippen LogP contribution in [0.5, 0.6) is 0 Å². The molecule has 8 atom stereocenters. The zero-order chi connectivity index (χ0) is 22.4. The highest BCUT2D eigenvalue weighted by molar-refractivity contribution is 5.86. The molecule has 174 valence electrons. The molecule has 5 aliphatic carbocycles. The van der Waals surface area contributed by atoms with Crippen molar-refractivity contribution in [3.05, 3.63) is 11.6 Å². The van der Waals surface area contributed by atoms with Gasteiger partial charge >= 0.3 is 0 Å². The number of carbonyl (C=O) groups excluding carboxylic acids is 1. The largest absolute Gasteiger partial charge is 0.299 e. The number of carbonyl (C=O) groups is 1. The Bertz CT molecular complexity index is 801. The Labute approximate surface area is 192 Å². The summed E-state index contributed by atoms with van der Waals surface area (Å²) in [7, 11) is 0. The zero-order valence-electron chi connectivity index (χ0n) is 21.6. The van der Waals surface area contributed by atoms with Crippen LogP contribution in [-0.4, -0.2) is 5.78 Å². The predicted molar refractivity (Wildman–Crippen MR) is 130 cm³/mol. The van der Waals surface area contributed by atoms with Gasteiger partial charge in [-0.1, -0.05) is 46.3 Å². The monoisotopic (exact) mass is 424 g/mol. The second-order valence-electron chi connectivity index (χ2n) is 14.1. The summed E-state index contributed by atoms with van der Waals surface area (Å²) in [5.74, 6) is 3.87. The van der Waals surface area contributed by atoms with Crippen LogP contribution in [0.2, 0.25) is 0 Å². The van der Waals surface area contributed by atoms with Crippen molar-refractivity contribution in [2.24, 2.45) is 50.7 Å². The summed E-state index contributed by atoms with van der Waals surface area (Å²) in [6.45, 7) is 17.1. The van der Waals surface area contributed by atoms with Gasteiger partial charge in [0.05, 0.1) is 0 Å². The quantitative estimate of drug-likeness (QED) is 0.414. The van der Waals surface area contributed by atoms with Crippen LogP contribution in [0.1, 0.15) is 119 Å². The van der Waals surface area contributed by atoms with E-state index in [9.17, 15) is 4.79 Å². The summed E-state index contributed by atoms with van der Waals surface area (Å²) in [6.07, 6.45) is 17.1. The van der Waals surface area contributed by atoms with Crippen LogP contribution in [0, 0.1) is 50.7 Å². The molecule has 0 bridgehead atoms. The van der Waals surface area contributed by atoms with Crippen molar-refractivity contribution in [1.29, 1.82) is 0 Å². The molecule has 5 fully saturated rings. The first-order valence-corrected chi connectivity index (χ1v) is 13.6. The van der Waals surface area contributed by atoms with Crippen LogP contribution >= 0.6 is 0 Å². The molecule has 5 rings (SSSR count). The third-order valence-corrected chi connectivity index (χ3v) is 12.8. The summed E-state index contributed by atoms with van der Waals surface area (Å²) in [4.78, 5) is 12.8. The van der Waals surface area contributed by atoms with Gasteiger partial charge in [-0.2, -0.15) is 0 Å². The molecule has 31 heavy (non-hydrogen) atoms. The van der Waals surface area contributed by atoms with E-state index in [1.165, 1.54) is 69.8 Å². The normalized spacial score (nSPS) is 50.5. The second kappa shape index (κ2) is 6.73. The lowest BCUT2D eigenvalue weighted by Gasteiger charge is -2.62. The third kappa shape index (κ3) is 2.64. The molecular weight excluding hydrogens is 376 g/mol. The van der Waals surface area contributed by atoms with Gasteiger partial charge in [0, 0.05) is 11.8 Å². The summed E-state index contributed by atoms with van der Waals surface area (Å²) in [5, 5.41) is 0. The molecule has 0 aromatic heterocycles. The summed E-state index contributed by atoms with van der Waals surface area (Å²) in [5.41, 5.74) is 3.53. The highest BCUT2D eigenvalue weighted by Gasteiger charge is 2.82. The molecule has 0 radical (unpaired) electrons. The molecule has 0 saturated heterocycles. The van der Waals surface area contributed by atoms with Crippen LogP contribution < -0.4 is 0 Å². The Morgan fingerprint density at radius 2 is 1.61 bits per heavy atom. The van der Waals surface area contributed by atoms with E-state index < -0.39 is 0 Å². The highest BCUT2D eigenvalue weighted by atomic mass is 16.1. The van der Waals surface area contributed by atoms with Gasteiger partial charge in [0.25, 0.3) is 0 Å². The van der Waals surface area contributed by atoms with Crippen LogP contribution in [-0.2, 0) is 4.79 Å². The topological polar surface area (TPSA) is 17.1 Å². The smallest absolute Gasteiger partial charge is 0.138 e. The van der Waals surface area contributed by atoms with E-state index >= 15 is 0 Å². The standard InChI is InChI=1S/C30H48O/c1-20(2)9-8-10-21(3)22-13-15-28(7)24-12-11-23-26(4,5)25(31)14-16-29(23)19-30(24,29)18-17-27(22,28)6/h9,21-24H,8,10-19H2,1-7H3/t21-,22-,23+,24+,27-,28+,29-,30+/m1/s1. The van der Waals surface area contributed by atoms with E-state index in [2.05, 4.69) is 54.5 Å². The summed E-state index contributed by atoms with van der Waals surface area (Å²) < 4.78 is 0. The summed E-state index contributed by atoms with van der Waals surface area (Å²) in [6, 6.07) is 0. The van der Waals surface area contributed by atoms with Crippen molar-refractivity contribution in [2.75, 3.05) is 0 Å². The average Bonchev–Trinajstić information content (AvgIpc) is 3.27. The van der Waals surface area contributed by atoms with E-state index in [0.29, 0.717) is 33.4 Å². The third-order valence-electron chi connectivity index (χ3n) is 12.8. The van der Waals surface area contributed by atoms with Gasteiger partial charge < -0.3 is 0 Å². The van der Waals surface area contributed by atoms with E-state index in [4.69, 9.17) is 0 Å². The fourth-order valence-electron chi connectivity index (χ4n) is 11.0. The maximum Gasteiger partial charge on any atom is 0.138 e. The number of hydrogen-bond donors (Lipinski definition) is 0. The van der Waals surface area contributed by atoms with Gasteiger partial charge in [-0.15, -0.1) is 0 Å². The van der Waals surface area contributed by atoms with E-state index in [0.717, 1.165) is 24.2 Å². The molecule has 1 heteroatoms. The fraction of sp³-hybridized carbons (Fsp3) is 0.900. The molecule has 0 N–H and O–H groups in total. The number of allylic oxidation sites excluding steroid dienone is 2. The SMILES string of the molecule is CC(C)=CCC[C@@H](C)[C@H]1CC[C@@]2(C)[C@@H]3CC[C@H]4C(C)(C)C(=O)CC[C@@]45C[C@@]35CC[C@]12C. The van der Waals surface area contributed by atoms with Crippen LogP contribution in [0.3, 0.4) is 0 Å². The molecule has 5 saturated carbocycles. The molecule has 2 spiro atoms. The minimum Gasteiger partial charge on any atom is -0.299 e. The van der Waals surface area contributed by atoms with Crippen molar-refractivity contribution in [3.8, 4) is 0 Å². The van der Waals surface area contributed by atoms with Gasteiger partial charge in [-0.3, -0.25) is 4.79 Å². The minimum absolute atomic E-state index is 0.0774. The first kappa shape index (κ1) is 22.2. The molecular formula is C30H48O. The van der Waals surface area contributed by atoms with Crippen molar-refractivity contribution >= 4 is 5.78 Å². The number of Topliss-reactive ketones (excluding diaryl/α,β-unsaturated/α-hetero) is 1. The fourth-order valence-corrected chi connectivity index (χ4v) is 11.0. The lowest BCUT2D eigenvalue weighted by molar-refractivity contribution is -0.157.